The highest BCUT2D eigenvalue weighted by molar-refractivity contribution is 14.0. The summed E-state index contributed by atoms with van der Waals surface area (Å²) in [6, 6.07) is 7.53. The van der Waals surface area contributed by atoms with Crippen LogP contribution >= 0.6 is 35.3 Å². The number of nitrogens with one attached hydrogen (secondary N) is 2. The van der Waals surface area contributed by atoms with Crippen LogP contribution < -0.4 is 10.6 Å². The summed E-state index contributed by atoms with van der Waals surface area (Å²) in [4.78, 5) is 9.04. The second kappa shape index (κ2) is 11.6. The van der Waals surface area contributed by atoms with Crippen molar-refractivity contribution in [3.8, 4) is 0 Å². The van der Waals surface area contributed by atoms with Gasteiger partial charge in [-0.25, -0.2) is 18.4 Å². The monoisotopic (exact) mass is 522 g/mol. The van der Waals surface area contributed by atoms with Crippen molar-refractivity contribution in [3.05, 3.63) is 51.5 Å². The van der Waals surface area contributed by atoms with Crippen LogP contribution in [-0.4, -0.2) is 38.7 Å². The van der Waals surface area contributed by atoms with Crippen LogP contribution in [0.2, 0.25) is 0 Å². The van der Waals surface area contributed by atoms with E-state index >= 15 is 0 Å². The highest BCUT2D eigenvalue weighted by Gasteiger charge is 2.04. The molecule has 0 aliphatic rings. The number of rotatable bonds is 8. The molecule has 2 aromatic rings. The quantitative estimate of drug-likeness (QED) is 0.317. The van der Waals surface area contributed by atoms with Gasteiger partial charge in [-0.1, -0.05) is 24.3 Å². The second-order valence-electron chi connectivity index (χ2n) is 6.12. The lowest BCUT2D eigenvalue weighted by atomic mass is 10.1. The Balaban J connectivity index is 0.00000364. The first-order valence-corrected chi connectivity index (χ1v) is 11.5. The van der Waals surface area contributed by atoms with E-state index in [0.29, 0.717) is 6.54 Å². The van der Waals surface area contributed by atoms with Crippen molar-refractivity contribution in [3.63, 3.8) is 0 Å². The first kappa shape index (κ1) is 23.8. The second-order valence-corrected chi connectivity index (χ2v) is 9.32. The molecule has 0 unspecified atom stereocenters. The van der Waals surface area contributed by atoms with E-state index in [2.05, 4.69) is 26.0 Å². The molecule has 0 saturated heterocycles. The molecule has 0 spiro atoms. The summed E-state index contributed by atoms with van der Waals surface area (Å²) in [5.74, 6) is 0.830. The summed E-state index contributed by atoms with van der Waals surface area (Å²) < 4.78 is 22.7. The molecule has 9 heteroatoms. The summed E-state index contributed by atoms with van der Waals surface area (Å²) in [5.41, 5.74) is 2.93. The molecule has 1 aromatic heterocycles. The molecule has 2 rings (SSSR count). The average molecular weight is 522 g/mol. The third-order valence-corrected chi connectivity index (χ3v) is 5.24. The van der Waals surface area contributed by atoms with Gasteiger partial charge in [0.25, 0.3) is 0 Å². The van der Waals surface area contributed by atoms with E-state index < -0.39 is 9.84 Å². The molecular formula is C18H27IN4O2S2. The molecule has 1 aromatic carbocycles. The van der Waals surface area contributed by atoms with Crippen molar-refractivity contribution < 1.29 is 8.42 Å². The third kappa shape index (κ3) is 9.52. The highest BCUT2D eigenvalue weighted by atomic mass is 127. The van der Waals surface area contributed by atoms with Gasteiger partial charge in [-0.15, -0.1) is 35.3 Å². The summed E-state index contributed by atoms with van der Waals surface area (Å²) in [6.45, 7) is 6.12. The molecule has 0 saturated carbocycles. The summed E-state index contributed by atoms with van der Waals surface area (Å²) >= 11 is 1.66. The lowest BCUT2D eigenvalue weighted by molar-refractivity contribution is 0.601. The minimum atomic E-state index is -3.01. The first-order valence-electron chi connectivity index (χ1n) is 8.54. The van der Waals surface area contributed by atoms with E-state index in [4.69, 9.17) is 0 Å². The molecule has 0 radical (unpaired) electrons. The largest absolute Gasteiger partial charge is 0.357 e. The lowest BCUT2D eigenvalue weighted by Gasteiger charge is -2.11. The zero-order valence-corrected chi connectivity index (χ0v) is 19.8. The lowest BCUT2D eigenvalue weighted by Crippen LogP contribution is -2.38. The Labute approximate surface area is 182 Å². The molecule has 6 nitrogen and oxygen atoms in total. The molecule has 27 heavy (non-hydrogen) atoms. The topological polar surface area (TPSA) is 83.5 Å². The van der Waals surface area contributed by atoms with Gasteiger partial charge in [0.2, 0.25) is 0 Å². The highest BCUT2D eigenvalue weighted by Crippen LogP contribution is 2.09. The Bertz CT molecular complexity index is 833. The van der Waals surface area contributed by atoms with Crippen molar-refractivity contribution in [2.75, 3.05) is 19.3 Å². The van der Waals surface area contributed by atoms with Crippen LogP contribution in [0.3, 0.4) is 0 Å². The third-order valence-electron chi connectivity index (χ3n) is 3.56. The van der Waals surface area contributed by atoms with Crippen LogP contribution in [0.5, 0.6) is 0 Å². The number of aryl methyl sites for hydroxylation is 1. The Morgan fingerprint density at radius 3 is 2.41 bits per heavy atom. The Kier molecular flexibility index (Phi) is 10.2. The van der Waals surface area contributed by atoms with Crippen molar-refractivity contribution in [2.24, 2.45) is 4.99 Å². The number of guanidine groups is 1. The van der Waals surface area contributed by atoms with Crippen LogP contribution in [0.4, 0.5) is 0 Å². The number of halogens is 1. The van der Waals surface area contributed by atoms with Crippen molar-refractivity contribution in [2.45, 2.75) is 32.6 Å². The fourth-order valence-corrected chi connectivity index (χ4v) is 3.83. The molecule has 0 atom stereocenters. The van der Waals surface area contributed by atoms with Crippen LogP contribution in [0.15, 0.2) is 34.6 Å². The maximum absolute atomic E-state index is 11.3. The van der Waals surface area contributed by atoms with Gasteiger partial charge in [-0.2, -0.15) is 0 Å². The predicted molar refractivity (Wildman–Crippen MR) is 124 cm³/mol. The van der Waals surface area contributed by atoms with E-state index in [0.717, 1.165) is 47.3 Å². The van der Waals surface area contributed by atoms with E-state index in [-0.39, 0.29) is 29.7 Å². The maximum Gasteiger partial charge on any atom is 0.191 e. The standard InChI is InChI=1S/C18H26N4O2S2.HI/c1-4-19-18(20-10-9-17-12-25-14(2)22-17)21-11-15-5-7-16(8-6-15)13-26(3,23)24;/h5-8,12H,4,9-11,13H2,1-3H3,(H2,19,20,21);1H. The minimum Gasteiger partial charge on any atom is -0.357 e. The molecule has 150 valence electrons. The van der Waals surface area contributed by atoms with E-state index in [1.807, 2.05) is 38.1 Å². The van der Waals surface area contributed by atoms with E-state index in [1.165, 1.54) is 6.26 Å². The van der Waals surface area contributed by atoms with Gasteiger partial charge in [0.05, 0.1) is 23.0 Å². The van der Waals surface area contributed by atoms with Gasteiger partial charge >= 0.3 is 0 Å². The van der Waals surface area contributed by atoms with Crippen LogP contribution in [0.1, 0.15) is 28.8 Å². The van der Waals surface area contributed by atoms with Gasteiger partial charge in [-0.3, -0.25) is 0 Å². The molecule has 1 heterocycles. The van der Waals surface area contributed by atoms with Gasteiger partial charge in [-0.05, 0) is 25.0 Å². The number of hydrogen-bond donors (Lipinski definition) is 2. The zero-order chi connectivity index (χ0) is 19.0. The number of aromatic nitrogens is 1. The fraction of sp³-hybridized carbons (Fsp3) is 0.444. The number of aliphatic imine (C=N–C) groups is 1. The summed E-state index contributed by atoms with van der Waals surface area (Å²) in [6.07, 6.45) is 2.10. The molecule has 0 aliphatic heterocycles. The van der Waals surface area contributed by atoms with Crippen molar-refractivity contribution in [1.82, 2.24) is 15.6 Å². The molecule has 0 amide bonds. The molecule has 0 fully saturated rings. The number of hydrogen-bond acceptors (Lipinski definition) is 5. The molecule has 0 aliphatic carbocycles. The van der Waals surface area contributed by atoms with Gasteiger partial charge in [0, 0.05) is 31.1 Å². The number of benzene rings is 1. The average Bonchev–Trinajstić information content (AvgIpc) is 2.98. The fourth-order valence-electron chi connectivity index (χ4n) is 2.39. The predicted octanol–water partition coefficient (Wildman–Crippen LogP) is 2.91. The molecule has 2 N–H and O–H groups in total. The number of sulfone groups is 1. The Morgan fingerprint density at radius 1 is 1.19 bits per heavy atom. The summed E-state index contributed by atoms with van der Waals surface area (Å²) in [7, 11) is -3.01. The normalized spacial score (nSPS) is 11.7. The van der Waals surface area contributed by atoms with E-state index in [9.17, 15) is 8.42 Å². The number of nitrogens with zero attached hydrogens (tertiary/aromatic N) is 2. The van der Waals surface area contributed by atoms with Crippen molar-refractivity contribution in [1.29, 1.82) is 0 Å². The van der Waals surface area contributed by atoms with Crippen LogP contribution in [-0.2, 0) is 28.6 Å². The smallest absolute Gasteiger partial charge is 0.191 e. The van der Waals surface area contributed by atoms with Gasteiger partial charge in [0.15, 0.2) is 15.8 Å². The summed E-state index contributed by atoms with van der Waals surface area (Å²) in [5, 5.41) is 9.71. The van der Waals surface area contributed by atoms with Crippen LogP contribution in [0, 0.1) is 6.92 Å². The minimum absolute atomic E-state index is 0. The Morgan fingerprint density at radius 2 is 1.85 bits per heavy atom. The van der Waals surface area contributed by atoms with Crippen molar-refractivity contribution >= 4 is 51.1 Å². The maximum atomic E-state index is 11.3. The molecular weight excluding hydrogens is 495 g/mol. The Hall–Kier alpha value is -1.20. The molecule has 0 bridgehead atoms. The SMILES string of the molecule is CCNC(=NCc1ccc(CS(C)(=O)=O)cc1)NCCc1csc(C)n1.I. The number of thiazole rings is 1. The van der Waals surface area contributed by atoms with E-state index in [1.54, 1.807) is 11.3 Å². The van der Waals surface area contributed by atoms with Crippen LogP contribution in [0.25, 0.3) is 0 Å². The van der Waals surface area contributed by atoms with Gasteiger partial charge < -0.3 is 10.6 Å². The zero-order valence-electron chi connectivity index (χ0n) is 15.9. The first-order chi connectivity index (χ1) is 12.4. The van der Waals surface area contributed by atoms with Gasteiger partial charge in [0.1, 0.15) is 0 Å².